The molecule has 0 aliphatic carbocycles. The number of rotatable bonds is 7. The van der Waals surface area contributed by atoms with Crippen molar-refractivity contribution in [1.29, 1.82) is 0 Å². The first-order chi connectivity index (χ1) is 17.3. The van der Waals surface area contributed by atoms with Gasteiger partial charge in [-0.25, -0.2) is 8.42 Å². The van der Waals surface area contributed by atoms with Crippen molar-refractivity contribution in [2.75, 3.05) is 18.4 Å². The highest BCUT2D eigenvalue weighted by molar-refractivity contribution is 7.89. The lowest BCUT2D eigenvalue weighted by Crippen LogP contribution is -2.35. The molecule has 0 aromatic heterocycles. The van der Waals surface area contributed by atoms with Crippen LogP contribution in [0.3, 0.4) is 0 Å². The fraction of sp³-hybridized carbons (Fsp3) is 0.259. The van der Waals surface area contributed by atoms with Gasteiger partial charge in [0.25, 0.3) is 11.8 Å². The number of hydrogen-bond donors (Lipinski definition) is 2. The number of sulfonamides is 1. The summed E-state index contributed by atoms with van der Waals surface area (Å²) in [7, 11) is -3.74. The van der Waals surface area contributed by atoms with Crippen molar-refractivity contribution >= 4 is 39.1 Å². The molecule has 3 aromatic rings. The molecule has 7 nitrogen and oxygen atoms in total. The van der Waals surface area contributed by atoms with Gasteiger partial charge in [0.15, 0.2) is 0 Å². The Kier molecular flexibility index (Phi) is 8.08. The Labute approximate surface area is 216 Å². The molecule has 3 aromatic carbocycles. The molecule has 1 saturated heterocycles. The number of halogens is 1. The van der Waals surface area contributed by atoms with E-state index in [-0.39, 0.29) is 33.0 Å². The zero-order valence-corrected chi connectivity index (χ0v) is 21.5. The van der Waals surface area contributed by atoms with Crippen molar-refractivity contribution in [3.05, 3.63) is 94.5 Å². The molecule has 1 fully saturated rings. The van der Waals surface area contributed by atoms with Crippen LogP contribution in [-0.2, 0) is 10.0 Å². The number of anilines is 1. The second kappa shape index (κ2) is 11.2. The van der Waals surface area contributed by atoms with E-state index in [0.29, 0.717) is 18.8 Å². The minimum Gasteiger partial charge on any atom is -0.345 e. The Morgan fingerprint density at radius 1 is 0.861 bits per heavy atom. The van der Waals surface area contributed by atoms with E-state index in [2.05, 4.69) is 10.6 Å². The molecule has 1 aliphatic rings. The predicted octanol–water partition coefficient (Wildman–Crippen LogP) is 5.26. The molecule has 0 bridgehead atoms. The maximum Gasteiger partial charge on any atom is 0.257 e. The van der Waals surface area contributed by atoms with Gasteiger partial charge in [-0.3, -0.25) is 9.59 Å². The number of hydrogen-bond acceptors (Lipinski definition) is 4. The van der Waals surface area contributed by atoms with Gasteiger partial charge in [0, 0.05) is 13.1 Å². The second-order valence-electron chi connectivity index (χ2n) is 8.71. The third-order valence-corrected chi connectivity index (χ3v) is 8.43. The van der Waals surface area contributed by atoms with Gasteiger partial charge in [0.05, 0.1) is 32.8 Å². The number of nitrogens with zero attached hydrogens (tertiary/aromatic N) is 1. The molecule has 2 amide bonds. The molecular weight excluding hydrogens is 498 g/mol. The van der Waals surface area contributed by atoms with Crippen LogP contribution >= 0.6 is 11.6 Å². The zero-order valence-electron chi connectivity index (χ0n) is 19.9. The van der Waals surface area contributed by atoms with Crippen LogP contribution in [0.1, 0.15) is 58.5 Å². The van der Waals surface area contributed by atoms with E-state index in [9.17, 15) is 18.0 Å². The van der Waals surface area contributed by atoms with Crippen LogP contribution in [0.4, 0.5) is 5.69 Å². The lowest BCUT2D eigenvalue weighted by Gasteiger charge is -2.26. The lowest BCUT2D eigenvalue weighted by atomic mass is 10.1. The summed E-state index contributed by atoms with van der Waals surface area (Å²) in [5.41, 5.74) is 1.54. The lowest BCUT2D eigenvalue weighted by molar-refractivity contribution is 0.0940. The summed E-state index contributed by atoms with van der Waals surface area (Å²) in [5, 5.41) is 5.78. The van der Waals surface area contributed by atoms with Crippen LogP contribution in [0, 0.1) is 0 Å². The molecule has 2 N–H and O–H groups in total. The summed E-state index contributed by atoms with van der Waals surface area (Å²) in [6.07, 6.45) is 2.61. The summed E-state index contributed by atoms with van der Waals surface area (Å²) in [5.74, 6) is -0.957. The van der Waals surface area contributed by atoms with Crippen molar-refractivity contribution in [3.63, 3.8) is 0 Å². The Hall–Kier alpha value is -3.20. The summed E-state index contributed by atoms with van der Waals surface area (Å²) in [4.78, 5) is 26.2. The topological polar surface area (TPSA) is 95.6 Å². The van der Waals surface area contributed by atoms with Gasteiger partial charge in [0.1, 0.15) is 0 Å². The third-order valence-electron chi connectivity index (χ3n) is 6.20. The molecule has 0 saturated carbocycles. The SMILES string of the molecule is CC(NC(=O)c1ccccc1NC(=O)c1cc(S(=O)(=O)N2CCCCC2)ccc1Cl)c1ccccc1. The van der Waals surface area contributed by atoms with Crippen LogP contribution in [-0.4, -0.2) is 37.6 Å². The maximum absolute atomic E-state index is 13.2. The van der Waals surface area contributed by atoms with Crippen LogP contribution in [0.5, 0.6) is 0 Å². The van der Waals surface area contributed by atoms with Crippen LogP contribution in [0.15, 0.2) is 77.7 Å². The molecule has 0 radical (unpaired) electrons. The average molecular weight is 526 g/mol. The Morgan fingerprint density at radius 2 is 1.53 bits per heavy atom. The maximum atomic E-state index is 13.2. The molecule has 4 rings (SSSR count). The average Bonchev–Trinajstić information content (AvgIpc) is 2.90. The minimum absolute atomic E-state index is 0.0154. The molecule has 36 heavy (non-hydrogen) atoms. The minimum atomic E-state index is -3.74. The van der Waals surface area contributed by atoms with Crippen molar-refractivity contribution in [2.24, 2.45) is 0 Å². The van der Waals surface area contributed by atoms with Crippen molar-refractivity contribution < 1.29 is 18.0 Å². The molecule has 1 aliphatic heterocycles. The van der Waals surface area contributed by atoms with E-state index in [1.54, 1.807) is 24.3 Å². The van der Waals surface area contributed by atoms with Gasteiger partial charge < -0.3 is 10.6 Å². The number of carbonyl (C=O) groups is 2. The number of amides is 2. The monoisotopic (exact) mass is 525 g/mol. The van der Waals surface area contributed by atoms with Crippen molar-refractivity contribution in [1.82, 2.24) is 9.62 Å². The number of carbonyl (C=O) groups excluding carboxylic acids is 2. The molecule has 1 heterocycles. The Bertz CT molecular complexity index is 1360. The summed E-state index contributed by atoms with van der Waals surface area (Å²) < 4.78 is 27.6. The van der Waals surface area contributed by atoms with E-state index >= 15 is 0 Å². The predicted molar refractivity (Wildman–Crippen MR) is 141 cm³/mol. The van der Waals surface area contributed by atoms with Crippen molar-refractivity contribution in [2.45, 2.75) is 37.1 Å². The quantitative estimate of drug-likeness (QED) is 0.440. The zero-order chi connectivity index (χ0) is 25.7. The van der Waals surface area contributed by atoms with E-state index in [1.807, 2.05) is 37.3 Å². The molecule has 9 heteroatoms. The normalized spacial score (nSPS) is 15.2. The van der Waals surface area contributed by atoms with Gasteiger partial charge in [0.2, 0.25) is 10.0 Å². The molecule has 1 unspecified atom stereocenters. The van der Waals surface area contributed by atoms with E-state index in [1.165, 1.54) is 22.5 Å². The van der Waals surface area contributed by atoms with E-state index in [4.69, 9.17) is 11.6 Å². The number of nitrogens with one attached hydrogen (secondary N) is 2. The fourth-order valence-electron chi connectivity index (χ4n) is 4.17. The number of para-hydroxylation sites is 1. The van der Waals surface area contributed by atoms with Crippen molar-refractivity contribution in [3.8, 4) is 0 Å². The smallest absolute Gasteiger partial charge is 0.257 e. The highest BCUT2D eigenvalue weighted by Gasteiger charge is 2.27. The summed E-state index contributed by atoms with van der Waals surface area (Å²) in [6.45, 7) is 2.79. The van der Waals surface area contributed by atoms with Crippen LogP contribution in [0.2, 0.25) is 5.02 Å². The first-order valence-corrected chi connectivity index (χ1v) is 13.6. The van der Waals surface area contributed by atoms with E-state index in [0.717, 1.165) is 24.8 Å². The second-order valence-corrected chi connectivity index (χ2v) is 11.1. The largest absolute Gasteiger partial charge is 0.345 e. The Morgan fingerprint density at radius 3 is 2.25 bits per heavy atom. The summed E-state index contributed by atoms with van der Waals surface area (Å²) >= 11 is 6.28. The van der Waals surface area contributed by atoms with Gasteiger partial charge in [-0.1, -0.05) is 60.5 Å². The van der Waals surface area contributed by atoms with Gasteiger partial charge >= 0.3 is 0 Å². The first kappa shape index (κ1) is 25.9. The molecule has 1 atom stereocenters. The number of piperidine rings is 1. The fourth-order valence-corrected chi connectivity index (χ4v) is 5.92. The Balaban J connectivity index is 1.55. The van der Waals surface area contributed by atoms with E-state index < -0.39 is 15.9 Å². The summed E-state index contributed by atoms with van der Waals surface area (Å²) in [6, 6.07) is 20.0. The van der Waals surface area contributed by atoms with Crippen LogP contribution in [0.25, 0.3) is 0 Å². The molecule has 0 spiro atoms. The number of benzene rings is 3. The first-order valence-electron chi connectivity index (χ1n) is 11.8. The van der Waals surface area contributed by atoms with Crippen LogP contribution < -0.4 is 10.6 Å². The third kappa shape index (κ3) is 5.78. The highest BCUT2D eigenvalue weighted by Crippen LogP contribution is 2.26. The highest BCUT2D eigenvalue weighted by atomic mass is 35.5. The molecular formula is C27H28ClN3O4S. The van der Waals surface area contributed by atoms with Gasteiger partial charge in [-0.2, -0.15) is 4.31 Å². The van der Waals surface area contributed by atoms with Gasteiger partial charge in [-0.05, 0) is 55.7 Å². The molecule has 188 valence electrons. The standard InChI is InChI=1S/C27H28ClN3O4S/c1-19(20-10-4-2-5-11-20)29-26(32)22-12-6-7-13-25(22)30-27(33)23-18-21(14-15-24(23)28)36(34,35)31-16-8-3-9-17-31/h2,4-7,10-15,18-19H,3,8-9,16-17H2,1H3,(H,29,32)(H,30,33). The van der Waals surface area contributed by atoms with Gasteiger partial charge in [-0.15, -0.1) is 0 Å².